The Labute approximate surface area is 128 Å². The summed E-state index contributed by atoms with van der Waals surface area (Å²) in [5.41, 5.74) is 3.82. The summed E-state index contributed by atoms with van der Waals surface area (Å²) in [4.78, 5) is 13.4. The van der Waals surface area contributed by atoms with Crippen molar-refractivity contribution < 1.29 is 4.79 Å². The molecule has 4 aliphatic rings. The Hall–Kier alpha value is -1.11. The molecule has 0 aliphatic heterocycles. The maximum atomic E-state index is 13.4. The van der Waals surface area contributed by atoms with Crippen LogP contribution in [-0.2, 0) is 0 Å². The van der Waals surface area contributed by atoms with Gasteiger partial charge in [0.15, 0.2) is 5.78 Å². The van der Waals surface area contributed by atoms with Crippen molar-refractivity contribution in [3.63, 3.8) is 0 Å². The van der Waals surface area contributed by atoms with Crippen molar-refractivity contribution >= 4 is 5.78 Å². The van der Waals surface area contributed by atoms with E-state index < -0.39 is 0 Å². The number of hydrogen-bond acceptors (Lipinski definition) is 1. The molecule has 1 aromatic rings. The third kappa shape index (κ3) is 2.00. The number of hydrogen-bond donors (Lipinski definition) is 0. The second-order valence-corrected chi connectivity index (χ2v) is 8.70. The fourth-order valence-corrected chi connectivity index (χ4v) is 6.34. The fourth-order valence-electron chi connectivity index (χ4n) is 6.34. The van der Waals surface area contributed by atoms with Crippen LogP contribution in [0.4, 0.5) is 0 Å². The van der Waals surface area contributed by atoms with Gasteiger partial charge in [-0.3, -0.25) is 4.79 Å². The van der Waals surface area contributed by atoms with Crippen LogP contribution < -0.4 is 0 Å². The van der Waals surface area contributed by atoms with Gasteiger partial charge in [-0.1, -0.05) is 30.7 Å². The van der Waals surface area contributed by atoms with Crippen LogP contribution in [0.15, 0.2) is 18.2 Å². The Morgan fingerprint density at radius 1 is 1.10 bits per heavy atom. The molecule has 4 saturated carbocycles. The molecule has 112 valence electrons. The standard InChI is InChI=1S/C20H26O/c1-13-4-5-17(14(2)6-13)18(21)20-10-15-7-16(11-20)9-19(3,8-15)12-20/h4-6,15-16H,7-12H2,1-3H3. The Kier molecular flexibility index (Phi) is 2.72. The van der Waals surface area contributed by atoms with Gasteiger partial charge in [-0.15, -0.1) is 0 Å². The second kappa shape index (κ2) is 4.21. The highest BCUT2D eigenvalue weighted by molar-refractivity contribution is 6.02. The lowest BCUT2D eigenvalue weighted by Crippen LogP contribution is -2.54. The van der Waals surface area contributed by atoms with E-state index in [9.17, 15) is 4.79 Å². The number of aryl methyl sites for hydroxylation is 2. The minimum absolute atomic E-state index is 0.0289. The summed E-state index contributed by atoms with van der Waals surface area (Å²) in [5.74, 6) is 2.08. The zero-order valence-electron chi connectivity index (χ0n) is 13.5. The van der Waals surface area contributed by atoms with E-state index in [0.29, 0.717) is 11.2 Å². The molecule has 4 aliphatic carbocycles. The molecule has 1 nitrogen and oxygen atoms in total. The minimum atomic E-state index is -0.0289. The largest absolute Gasteiger partial charge is 0.294 e. The van der Waals surface area contributed by atoms with E-state index in [-0.39, 0.29) is 5.41 Å². The van der Waals surface area contributed by atoms with Crippen LogP contribution in [0.2, 0.25) is 0 Å². The molecule has 4 fully saturated rings. The van der Waals surface area contributed by atoms with Gasteiger partial charge >= 0.3 is 0 Å². The van der Waals surface area contributed by atoms with E-state index in [1.165, 1.54) is 30.4 Å². The number of ketones is 1. The molecule has 21 heavy (non-hydrogen) atoms. The normalized spacial score (nSPS) is 40.5. The van der Waals surface area contributed by atoms with Crippen LogP contribution in [0, 0.1) is 36.5 Å². The SMILES string of the molecule is Cc1ccc(C(=O)C23CC4CC(CC(C)(C4)C2)C3)c(C)c1. The first-order valence-electron chi connectivity index (χ1n) is 8.51. The summed E-state index contributed by atoms with van der Waals surface area (Å²) in [5, 5.41) is 0. The summed E-state index contributed by atoms with van der Waals surface area (Å²) in [6.07, 6.45) is 7.57. The summed E-state index contributed by atoms with van der Waals surface area (Å²) in [6.45, 7) is 6.64. The van der Waals surface area contributed by atoms with Crippen molar-refractivity contribution in [1.29, 1.82) is 0 Å². The van der Waals surface area contributed by atoms with Crippen LogP contribution in [0.1, 0.15) is 66.9 Å². The highest BCUT2D eigenvalue weighted by Crippen LogP contribution is 2.65. The van der Waals surface area contributed by atoms with E-state index in [1.807, 2.05) is 0 Å². The third-order valence-corrected chi connectivity index (χ3v) is 6.46. The summed E-state index contributed by atoms with van der Waals surface area (Å²) in [7, 11) is 0. The van der Waals surface area contributed by atoms with Gasteiger partial charge < -0.3 is 0 Å². The van der Waals surface area contributed by atoms with Gasteiger partial charge in [0.1, 0.15) is 0 Å². The van der Waals surface area contributed by atoms with E-state index >= 15 is 0 Å². The lowest BCUT2D eigenvalue weighted by Gasteiger charge is -2.60. The molecule has 2 atom stereocenters. The monoisotopic (exact) mass is 282 g/mol. The lowest BCUT2D eigenvalue weighted by atomic mass is 9.43. The van der Waals surface area contributed by atoms with E-state index in [2.05, 4.69) is 39.0 Å². The van der Waals surface area contributed by atoms with Gasteiger partial charge in [0.25, 0.3) is 0 Å². The number of benzene rings is 1. The predicted octanol–water partition coefficient (Wildman–Crippen LogP) is 5.09. The van der Waals surface area contributed by atoms with Crippen LogP contribution in [0.25, 0.3) is 0 Å². The maximum absolute atomic E-state index is 13.4. The minimum Gasteiger partial charge on any atom is -0.294 e. The van der Waals surface area contributed by atoms with E-state index in [4.69, 9.17) is 0 Å². The highest BCUT2D eigenvalue weighted by Gasteiger charge is 2.58. The first-order valence-corrected chi connectivity index (χ1v) is 8.51. The number of carbonyl (C=O) groups is 1. The Bertz CT molecular complexity index is 598. The number of rotatable bonds is 2. The Balaban J connectivity index is 1.74. The molecule has 0 heterocycles. The number of carbonyl (C=O) groups excluding carboxylic acids is 1. The van der Waals surface area contributed by atoms with Crippen molar-refractivity contribution in [3.05, 3.63) is 34.9 Å². The maximum Gasteiger partial charge on any atom is 0.169 e. The predicted molar refractivity (Wildman–Crippen MR) is 85.5 cm³/mol. The molecule has 0 aromatic heterocycles. The molecular formula is C20H26O. The third-order valence-electron chi connectivity index (χ3n) is 6.46. The average Bonchev–Trinajstić information content (AvgIpc) is 2.35. The second-order valence-electron chi connectivity index (χ2n) is 8.70. The van der Waals surface area contributed by atoms with Crippen molar-refractivity contribution in [2.45, 2.75) is 59.3 Å². The van der Waals surface area contributed by atoms with Gasteiger partial charge in [0, 0.05) is 11.0 Å². The quantitative estimate of drug-likeness (QED) is 0.690. The zero-order valence-corrected chi connectivity index (χ0v) is 13.5. The highest BCUT2D eigenvalue weighted by atomic mass is 16.1. The van der Waals surface area contributed by atoms with Crippen LogP contribution in [0.3, 0.4) is 0 Å². The molecule has 0 radical (unpaired) electrons. The van der Waals surface area contributed by atoms with Gasteiger partial charge in [0.05, 0.1) is 0 Å². The molecule has 4 bridgehead atoms. The smallest absolute Gasteiger partial charge is 0.169 e. The molecule has 0 amide bonds. The fraction of sp³-hybridized carbons (Fsp3) is 0.650. The van der Waals surface area contributed by atoms with Crippen molar-refractivity contribution in [1.82, 2.24) is 0 Å². The van der Waals surface area contributed by atoms with Crippen molar-refractivity contribution in [3.8, 4) is 0 Å². The topological polar surface area (TPSA) is 17.1 Å². The van der Waals surface area contributed by atoms with Gasteiger partial charge in [-0.2, -0.15) is 0 Å². The first kappa shape index (κ1) is 13.5. The Morgan fingerprint density at radius 2 is 1.76 bits per heavy atom. The van der Waals surface area contributed by atoms with Crippen molar-refractivity contribution in [2.75, 3.05) is 0 Å². The van der Waals surface area contributed by atoms with Crippen molar-refractivity contribution in [2.24, 2.45) is 22.7 Å². The molecule has 0 spiro atoms. The van der Waals surface area contributed by atoms with E-state index in [1.54, 1.807) is 0 Å². The summed E-state index contributed by atoms with van der Waals surface area (Å²) in [6, 6.07) is 6.34. The molecule has 1 aromatic carbocycles. The molecule has 1 heteroatoms. The number of Topliss-reactive ketones (excluding diaryl/α,β-unsaturated/α-hetero) is 1. The van der Waals surface area contributed by atoms with E-state index in [0.717, 1.165) is 36.7 Å². The summed E-state index contributed by atoms with van der Waals surface area (Å²) >= 11 is 0. The molecule has 2 unspecified atom stereocenters. The Morgan fingerprint density at radius 3 is 2.33 bits per heavy atom. The van der Waals surface area contributed by atoms with Crippen LogP contribution >= 0.6 is 0 Å². The van der Waals surface area contributed by atoms with Crippen LogP contribution in [0.5, 0.6) is 0 Å². The first-order chi connectivity index (χ1) is 9.89. The van der Waals surface area contributed by atoms with Gasteiger partial charge in [0.2, 0.25) is 0 Å². The summed E-state index contributed by atoms with van der Waals surface area (Å²) < 4.78 is 0. The average molecular weight is 282 g/mol. The van der Waals surface area contributed by atoms with Gasteiger partial charge in [-0.25, -0.2) is 0 Å². The molecule has 5 rings (SSSR count). The molecule has 0 saturated heterocycles. The molecular weight excluding hydrogens is 256 g/mol. The van der Waals surface area contributed by atoms with Gasteiger partial charge in [-0.05, 0) is 75.2 Å². The zero-order chi connectivity index (χ0) is 14.8. The van der Waals surface area contributed by atoms with Crippen LogP contribution in [-0.4, -0.2) is 5.78 Å². The molecule has 0 N–H and O–H groups in total. The lowest BCUT2D eigenvalue weighted by molar-refractivity contribution is -0.0820.